The van der Waals surface area contributed by atoms with Crippen LogP contribution < -0.4 is 11.1 Å². The van der Waals surface area contributed by atoms with Gasteiger partial charge in [-0.3, -0.25) is 9.78 Å². The summed E-state index contributed by atoms with van der Waals surface area (Å²) in [6, 6.07) is 1.91. The molecule has 0 radical (unpaired) electrons. The van der Waals surface area contributed by atoms with E-state index in [0.29, 0.717) is 23.1 Å². The second-order valence-electron chi connectivity index (χ2n) is 5.55. The highest BCUT2D eigenvalue weighted by atomic mass is 35.5. The summed E-state index contributed by atoms with van der Waals surface area (Å²) in [5, 5.41) is 3.08. The van der Waals surface area contributed by atoms with Crippen molar-refractivity contribution in [1.29, 1.82) is 0 Å². The lowest BCUT2D eigenvalue weighted by Crippen LogP contribution is -2.40. The van der Waals surface area contributed by atoms with Gasteiger partial charge in [-0.2, -0.15) is 0 Å². The van der Waals surface area contributed by atoms with Gasteiger partial charge in [-0.15, -0.1) is 12.4 Å². The van der Waals surface area contributed by atoms with Gasteiger partial charge in [0.2, 0.25) is 0 Å². The molecule has 1 aromatic heterocycles. The molecule has 2 atom stereocenters. The van der Waals surface area contributed by atoms with Gasteiger partial charge in [-0.1, -0.05) is 13.8 Å². The first-order chi connectivity index (χ1) is 8.56. The molecule has 0 saturated heterocycles. The monoisotopic (exact) mass is 283 g/mol. The molecule has 0 aliphatic heterocycles. The Kier molecular flexibility index (Phi) is 5.60. The fraction of sp³-hybridized carbons (Fsp3) is 0.571. The van der Waals surface area contributed by atoms with E-state index in [2.05, 4.69) is 24.1 Å². The van der Waals surface area contributed by atoms with Crippen LogP contribution in [0.2, 0.25) is 0 Å². The van der Waals surface area contributed by atoms with Crippen LogP contribution in [-0.2, 0) is 0 Å². The summed E-state index contributed by atoms with van der Waals surface area (Å²) in [7, 11) is 0. The number of aromatic nitrogens is 1. The maximum Gasteiger partial charge on any atom is 0.255 e. The number of hydrogen-bond donors (Lipinski definition) is 2. The van der Waals surface area contributed by atoms with E-state index in [0.717, 1.165) is 12.8 Å². The van der Waals surface area contributed by atoms with Crippen LogP contribution >= 0.6 is 12.4 Å². The highest BCUT2D eigenvalue weighted by Gasteiger charge is 2.25. The second kappa shape index (κ2) is 6.75. The summed E-state index contributed by atoms with van der Waals surface area (Å²) in [5.74, 6) is 1.24. The van der Waals surface area contributed by atoms with Crippen molar-refractivity contribution in [3.63, 3.8) is 0 Å². The van der Waals surface area contributed by atoms with Gasteiger partial charge in [0.1, 0.15) is 0 Å². The van der Waals surface area contributed by atoms with Crippen LogP contribution in [0.3, 0.4) is 0 Å². The molecule has 0 aromatic carbocycles. The maximum absolute atomic E-state index is 12.1. The Morgan fingerprint density at radius 2 is 1.95 bits per heavy atom. The number of nitrogens with zero attached hydrogens (tertiary/aromatic N) is 1. The van der Waals surface area contributed by atoms with Gasteiger partial charge in [0.25, 0.3) is 5.91 Å². The summed E-state index contributed by atoms with van der Waals surface area (Å²) >= 11 is 0. The second-order valence-corrected chi connectivity index (χ2v) is 5.55. The molecular formula is C14H22ClN3O. The van der Waals surface area contributed by atoms with Gasteiger partial charge < -0.3 is 11.1 Å². The van der Waals surface area contributed by atoms with Crippen molar-refractivity contribution < 1.29 is 4.79 Å². The maximum atomic E-state index is 12.1. The molecule has 3 N–H and O–H groups in total. The normalized spacial score (nSPS) is 26.3. The molecule has 1 fully saturated rings. The summed E-state index contributed by atoms with van der Waals surface area (Å²) in [5.41, 5.74) is 6.74. The van der Waals surface area contributed by atoms with Gasteiger partial charge >= 0.3 is 0 Å². The molecule has 0 spiro atoms. The largest absolute Gasteiger partial charge is 0.398 e. The van der Waals surface area contributed by atoms with Gasteiger partial charge in [-0.25, -0.2) is 0 Å². The molecule has 1 saturated carbocycles. The number of carbonyl (C=O) groups is 1. The Balaban J connectivity index is 0.00000180. The number of nitrogen functional groups attached to an aromatic ring is 1. The van der Waals surface area contributed by atoms with E-state index in [9.17, 15) is 4.79 Å². The van der Waals surface area contributed by atoms with Gasteiger partial charge in [0.15, 0.2) is 0 Å². The number of amides is 1. The highest BCUT2D eigenvalue weighted by molar-refractivity contribution is 5.98. The highest BCUT2D eigenvalue weighted by Crippen LogP contribution is 2.28. The lowest BCUT2D eigenvalue weighted by molar-refractivity contribution is 0.0912. The Morgan fingerprint density at radius 3 is 2.53 bits per heavy atom. The first-order valence-corrected chi connectivity index (χ1v) is 6.56. The molecule has 106 valence electrons. The zero-order chi connectivity index (χ0) is 13.1. The lowest BCUT2D eigenvalue weighted by Gasteiger charge is -2.32. The molecule has 1 amide bonds. The number of nitrogens with one attached hydrogen (secondary N) is 1. The van der Waals surface area contributed by atoms with E-state index in [-0.39, 0.29) is 24.4 Å². The van der Waals surface area contributed by atoms with Crippen LogP contribution in [-0.4, -0.2) is 16.9 Å². The van der Waals surface area contributed by atoms with Crippen molar-refractivity contribution in [3.8, 4) is 0 Å². The molecule has 4 nitrogen and oxygen atoms in total. The third-order valence-electron chi connectivity index (χ3n) is 3.61. The Hall–Kier alpha value is -1.29. The van der Waals surface area contributed by atoms with Crippen LogP contribution in [0.4, 0.5) is 5.69 Å². The van der Waals surface area contributed by atoms with E-state index >= 15 is 0 Å². The van der Waals surface area contributed by atoms with Gasteiger partial charge in [0, 0.05) is 24.1 Å². The molecule has 5 heteroatoms. The van der Waals surface area contributed by atoms with E-state index < -0.39 is 0 Å². The minimum Gasteiger partial charge on any atom is -0.398 e. The van der Waals surface area contributed by atoms with E-state index in [1.165, 1.54) is 12.6 Å². The number of pyridine rings is 1. The summed E-state index contributed by atoms with van der Waals surface area (Å²) in [6.45, 7) is 4.49. The minimum atomic E-state index is -0.105. The van der Waals surface area contributed by atoms with E-state index in [1.807, 2.05) is 0 Å². The van der Waals surface area contributed by atoms with E-state index in [1.54, 1.807) is 12.3 Å². The molecular weight excluding hydrogens is 262 g/mol. The number of rotatable bonds is 2. The Bertz CT molecular complexity index is 428. The molecule has 2 rings (SSSR count). The summed E-state index contributed by atoms with van der Waals surface area (Å²) in [6.07, 6.45) is 6.48. The van der Waals surface area contributed by atoms with Crippen molar-refractivity contribution in [2.24, 2.45) is 11.8 Å². The standard InChI is InChI=1S/C14H21N3O.ClH/c1-9-5-10(2)7-11(6-9)17-14(18)12-8-16-4-3-13(12)15;/h3-4,8-11H,5-7H2,1-2H3,(H2,15,16)(H,17,18);1H. The molecule has 1 heterocycles. The molecule has 1 aromatic rings. The topological polar surface area (TPSA) is 68.0 Å². The molecule has 2 unspecified atom stereocenters. The SMILES string of the molecule is CC1CC(C)CC(NC(=O)c2cnccc2N)C1.Cl. The number of hydrogen-bond acceptors (Lipinski definition) is 3. The van der Waals surface area contributed by atoms with Gasteiger partial charge in [0.05, 0.1) is 5.56 Å². The lowest BCUT2D eigenvalue weighted by atomic mass is 9.80. The fourth-order valence-electron chi connectivity index (χ4n) is 2.92. The first-order valence-electron chi connectivity index (χ1n) is 6.56. The summed E-state index contributed by atoms with van der Waals surface area (Å²) in [4.78, 5) is 16.1. The van der Waals surface area contributed by atoms with Gasteiger partial charge in [-0.05, 0) is 37.2 Å². The summed E-state index contributed by atoms with van der Waals surface area (Å²) < 4.78 is 0. The molecule has 19 heavy (non-hydrogen) atoms. The predicted octanol–water partition coefficient (Wildman–Crippen LogP) is 2.64. The van der Waals surface area contributed by atoms with Crippen molar-refractivity contribution in [2.75, 3.05) is 5.73 Å². The quantitative estimate of drug-likeness (QED) is 0.877. The predicted molar refractivity (Wildman–Crippen MR) is 79.3 cm³/mol. The molecule has 1 aliphatic carbocycles. The Labute approximate surface area is 120 Å². The van der Waals surface area contributed by atoms with Crippen molar-refractivity contribution in [1.82, 2.24) is 10.3 Å². The van der Waals surface area contributed by atoms with Crippen molar-refractivity contribution >= 4 is 24.0 Å². The smallest absolute Gasteiger partial charge is 0.255 e. The Morgan fingerprint density at radius 1 is 1.32 bits per heavy atom. The number of carbonyl (C=O) groups excluding carboxylic acids is 1. The van der Waals surface area contributed by atoms with Crippen LogP contribution in [0.5, 0.6) is 0 Å². The third-order valence-corrected chi connectivity index (χ3v) is 3.61. The number of anilines is 1. The molecule has 0 bridgehead atoms. The zero-order valence-corrected chi connectivity index (χ0v) is 12.2. The number of halogens is 1. The van der Waals surface area contributed by atoms with Crippen molar-refractivity contribution in [2.45, 2.75) is 39.2 Å². The minimum absolute atomic E-state index is 0. The fourth-order valence-corrected chi connectivity index (χ4v) is 2.92. The van der Waals surface area contributed by atoms with Crippen LogP contribution in [0, 0.1) is 11.8 Å². The third kappa shape index (κ3) is 4.10. The van der Waals surface area contributed by atoms with Crippen molar-refractivity contribution in [3.05, 3.63) is 24.0 Å². The van der Waals surface area contributed by atoms with Crippen LogP contribution in [0.25, 0.3) is 0 Å². The molecule has 1 aliphatic rings. The first kappa shape index (κ1) is 15.8. The average molecular weight is 284 g/mol. The van der Waals surface area contributed by atoms with E-state index in [4.69, 9.17) is 5.73 Å². The average Bonchev–Trinajstić information content (AvgIpc) is 2.27. The number of nitrogens with two attached hydrogens (primary N) is 1. The van der Waals surface area contributed by atoms with Crippen LogP contribution in [0.15, 0.2) is 18.5 Å². The van der Waals surface area contributed by atoms with Crippen LogP contribution in [0.1, 0.15) is 43.5 Å². The zero-order valence-electron chi connectivity index (χ0n) is 11.4.